The number of fused-ring (bicyclic) bond motifs is 2. The summed E-state index contributed by atoms with van der Waals surface area (Å²) in [6.45, 7) is 0. The Bertz CT molecular complexity index is 430. The molecule has 2 rings (SSSR count). The third kappa shape index (κ3) is 1.85. The van der Waals surface area contributed by atoms with E-state index in [1.807, 2.05) is 24.3 Å². The lowest BCUT2D eigenvalue weighted by molar-refractivity contribution is -0.107. The highest BCUT2D eigenvalue weighted by Gasteiger charge is 1.99. The van der Waals surface area contributed by atoms with Crippen molar-refractivity contribution in [2.45, 2.75) is 6.42 Å². The summed E-state index contributed by atoms with van der Waals surface area (Å²) < 4.78 is 4.86. The molecule has 1 aromatic heterocycles. The molecule has 0 fully saturated rings. The molecule has 4 heteroatoms. The van der Waals surface area contributed by atoms with E-state index in [1.54, 1.807) is 6.20 Å². The Morgan fingerprint density at radius 3 is 3.21 bits per heavy atom. The molecule has 1 aliphatic carbocycles. The molecule has 0 aliphatic heterocycles. The Balaban J connectivity index is 2.47. The molecule has 1 aliphatic rings. The third-order valence-corrected chi connectivity index (χ3v) is 1.92. The molecule has 0 saturated heterocycles. The van der Waals surface area contributed by atoms with Crippen molar-refractivity contribution in [3.05, 3.63) is 35.2 Å². The molecule has 0 spiro atoms. The summed E-state index contributed by atoms with van der Waals surface area (Å²) in [7, 11) is 0. The Hall–Kier alpha value is -1.97. The van der Waals surface area contributed by atoms with Gasteiger partial charge in [-0.15, -0.1) is 0 Å². The van der Waals surface area contributed by atoms with Gasteiger partial charge in [-0.25, -0.2) is 5.16 Å². The lowest BCUT2D eigenvalue weighted by atomic mass is 10.1. The molecular formula is C10H10N2O2. The number of aromatic nitrogens is 2. The van der Waals surface area contributed by atoms with E-state index in [1.165, 1.54) is 0 Å². The summed E-state index contributed by atoms with van der Waals surface area (Å²) in [5.74, 6) is 0. The van der Waals surface area contributed by atoms with Crippen molar-refractivity contribution < 1.29 is 9.42 Å². The summed E-state index contributed by atoms with van der Waals surface area (Å²) in [5, 5.41) is 5.32. The lowest BCUT2D eigenvalue weighted by Crippen LogP contribution is -1.79. The van der Waals surface area contributed by atoms with Crippen molar-refractivity contribution in [2.24, 2.45) is 0 Å². The highest BCUT2D eigenvalue weighted by atomic mass is 16.6. The van der Waals surface area contributed by atoms with Gasteiger partial charge in [-0.3, -0.25) is 4.63 Å². The number of carbonyl (C=O) groups excluding carboxylic acids is 1. The highest BCUT2D eigenvalue weighted by molar-refractivity contribution is 5.69. The van der Waals surface area contributed by atoms with Crippen molar-refractivity contribution in [3.8, 4) is 0 Å². The van der Waals surface area contributed by atoms with E-state index in [4.69, 9.17) is 4.63 Å². The molecule has 0 saturated carbocycles. The summed E-state index contributed by atoms with van der Waals surface area (Å²) in [6, 6.07) is 1.92. The van der Waals surface area contributed by atoms with Crippen LogP contribution in [-0.2, 0) is 4.79 Å². The normalized spacial score (nSPS) is 13.0. The first-order chi connectivity index (χ1) is 6.88. The zero-order chi connectivity index (χ0) is 9.80. The van der Waals surface area contributed by atoms with Crippen LogP contribution in [0.15, 0.2) is 28.5 Å². The molecule has 1 aromatic rings. The minimum absolute atomic E-state index is 0.426. The fourth-order valence-corrected chi connectivity index (χ4v) is 1.28. The van der Waals surface area contributed by atoms with E-state index in [-0.39, 0.29) is 0 Å². The average molecular weight is 190 g/mol. The number of hydrogen-bond acceptors (Lipinski definition) is 2. The molecule has 72 valence electrons. The van der Waals surface area contributed by atoms with Crippen molar-refractivity contribution in [2.75, 3.05) is 0 Å². The zero-order valence-corrected chi connectivity index (χ0v) is 7.49. The predicted octanol–water partition coefficient (Wildman–Crippen LogP) is 2.06. The van der Waals surface area contributed by atoms with Crippen LogP contribution in [0, 0.1) is 0 Å². The topological polar surface area (TPSA) is 61.8 Å². The van der Waals surface area contributed by atoms with Crippen LogP contribution < -0.4 is 0 Å². The van der Waals surface area contributed by atoms with Gasteiger partial charge < -0.3 is 4.79 Å². The summed E-state index contributed by atoms with van der Waals surface area (Å²) in [5.41, 5.74) is 2.79. The molecule has 2 bridgehead atoms. The van der Waals surface area contributed by atoms with E-state index in [0.717, 1.165) is 23.1 Å². The first-order valence-corrected chi connectivity index (χ1v) is 4.30. The second-order valence-corrected chi connectivity index (χ2v) is 2.99. The number of allylic oxidation sites excluding steroid dienone is 2. The van der Waals surface area contributed by atoms with Crippen LogP contribution in [0.4, 0.5) is 0 Å². The maximum Gasteiger partial charge on any atom is 0.124 e. The molecule has 0 atom stereocenters. The largest absolute Gasteiger partial charge is 0.303 e. The minimum Gasteiger partial charge on any atom is -0.303 e. The number of aldehydes is 1. The molecular weight excluding hydrogens is 180 g/mol. The summed E-state index contributed by atoms with van der Waals surface area (Å²) in [4.78, 5) is 10.4. The van der Waals surface area contributed by atoms with Crippen molar-refractivity contribution in [3.63, 3.8) is 0 Å². The maximum atomic E-state index is 10.4. The van der Waals surface area contributed by atoms with Crippen LogP contribution in [0.3, 0.4) is 0 Å². The number of H-pyrrole nitrogens is 2. The number of nitrogens with one attached hydrogen (secondary N) is 2. The van der Waals surface area contributed by atoms with E-state index in [9.17, 15) is 4.79 Å². The van der Waals surface area contributed by atoms with Crippen LogP contribution in [-0.4, -0.2) is 16.6 Å². The second-order valence-electron chi connectivity index (χ2n) is 2.99. The molecule has 14 heavy (non-hydrogen) atoms. The van der Waals surface area contributed by atoms with Crippen molar-refractivity contribution in [1.29, 1.82) is 0 Å². The minimum atomic E-state index is 0.426. The molecule has 2 N–H and O–H groups in total. The van der Waals surface area contributed by atoms with E-state index in [0.29, 0.717) is 6.42 Å². The van der Waals surface area contributed by atoms with Gasteiger partial charge in [-0.05, 0) is 29.4 Å². The van der Waals surface area contributed by atoms with Crippen LogP contribution in [0.25, 0.3) is 12.2 Å². The van der Waals surface area contributed by atoms with Crippen molar-refractivity contribution in [1.82, 2.24) is 10.3 Å². The smallest absolute Gasteiger partial charge is 0.124 e. The monoisotopic (exact) mass is 190 g/mol. The van der Waals surface area contributed by atoms with Gasteiger partial charge >= 0.3 is 0 Å². The van der Waals surface area contributed by atoms with Crippen molar-refractivity contribution >= 4 is 18.4 Å². The second kappa shape index (κ2) is 3.83. The zero-order valence-electron chi connectivity index (χ0n) is 7.49. The molecule has 0 aromatic carbocycles. The fourth-order valence-electron chi connectivity index (χ4n) is 1.28. The SMILES string of the molecule is O=CCC1=Cc2c[nH]o[nH]c(c2)C=C1. The molecule has 4 nitrogen and oxygen atoms in total. The summed E-state index contributed by atoms with van der Waals surface area (Å²) >= 11 is 0. The number of rotatable bonds is 2. The average Bonchev–Trinajstić information content (AvgIpc) is 2.50. The van der Waals surface area contributed by atoms with E-state index in [2.05, 4.69) is 10.3 Å². The third-order valence-electron chi connectivity index (χ3n) is 1.92. The van der Waals surface area contributed by atoms with Gasteiger partial charge in [0.15, 0.2) is 0 Å². The maximum absolute atomic E-state index is 10.4. The standard InChI is InChI=1S/C10H10N2O2/c13-4-3-8-1-2-10-6-9(5-8)7-11-14-12-10/h1-2,4-7,11-12H,3H2. The van der Waals surface area contributed by atoms with Crippen LogP contribution in [0.1, 0.15) is 17.7 Å². The highest BCUT2D eigenvalue weighted by Crippen LogP contribution is 2.15. The van der Waals surface area contributed by atoms with Gasteiger partial charge in [0.2, 0.25) is 0 Å². The molecule has 0 unspecified atom stereocenters. The van der Waals surface area contributed by atoms with Crippen LogP contribution >= 0.6 is 0 Å². The fraction of sp³-hybridized carbons (Fsp3) is 0.100. The van der Waals surface area contributed by atoms with Gasteiger partial charge in [0.1, 0.15) is 6.29 Å². The molecule has 0 radical (unpaired) electrons. The van der Waals surface area contributed by atoms with E-state index >= 15 is 0 Å². The summed E-state index contributed by atoms with van der Waals surface area (Å²) in [6.07, 6.45) is 8.72. The quantitative estimate of drug-likeness (QED) is 0.701. The molecule has 0 amide bonds. The predicted molar refractivity (Wildman–Crippen MR) is 52.7 cm³/mol. The molecule has 1 heterocycles. The Kier molecular flexibility index (Phi) is 2.36. The lowest BCUT2D eigenvalue weighted by Gasteiger charge is -1.92. The van der Waals surface area contributed by atoms with Crippen LogP contribution in [0.5, 0.6) is 0 Å². The van der Waals surface area contributed by atoms with E-state index < -0.39 is 0 Å². The van der Waals surface area contributed by atoms with Gasteiger partial charge in [-0.2, -0.15) is 5.16 Å². The first-order valence-electron chi connectivity index (χ1n) is 4.30. The number of aromatic amines is 2. The Morgan fingerprint density at radius 1 is 1.43 bits per heavy atom. The number of carbonyl (C=O) groups is 1. The Morgan fingerprint density at radius 2 is 2.36 bits per heavy atom. The van der Waals surface area contributed by atoms with Gasteiger partial charge in [-0.1, -0.05) is 6.08 Å². The Labute approximate surface area is 80.6 Å². The van der Waals surface area contributed by atoms with Crippen LogP contribution in [0.2, 0.25) is 0 Å². The number of hydrogen-bond donors (Lipinski definition) is 2. The van der Waals surface area contributed by atoms with Gasteiger partial charge in [0.25, 0.3) is 0 Å². The first kappa shape index (κ1) is 8.62. The van der Waals surface area contributed by atoms with Gasteiger partial charge in [0, 0.05) is 12.6 Å². The van der Waals surface area contributed by atoms with Gasteiger partial charge in [0.05, 0.1) is 5.69 Å².